The van der Waals surface area contributed by atoms with Crippen molar-refractivity contribution in [3.63, 3.8) is 0 Å². The number of aromatic nitrogens is 2. The van der Waals surface area contributed by atoms with Gasteiger partial charge in [-0.1, -0.05) is 148 Å². The highest BCUT2D eigenvalue weighted by molar-refractivity contribution is 14.3. The summed E-state index contributed by atoms with van der Waals surface area (Å²) in [6, 6.07) is 11.2. The molecule has 234 valence electrons. The van der Waals surface area contributed by atoms with E-state index in [1.165, 1.54) is 2.43 Å². The number of carbonyl (C=O) groups excluding carboxylic acids is 2. The Morgan fingerprint density at radius 3 is 1.28 bits per heavy atom. The number of halogens is 5. The van der Waals surface area contributed by atoms with Crippen LogP contribution in [0.1, 0.15) is 57.3 Å². The second-order valence-electron chi connectivity index (χ2n) is 8.68. The van der Waals surface area contributed by atoms with Gasteiger partial charge in [0.05, 0.1) is 15.6 Å². The molecule has 0 aliphatic rings. The van der Waals surface area contributed by atoms with Gasteiger partial charge in [0.1, 0.15) is -0.0619 Å². The van der Waals surface area contributed by atoms with Crippen molar-refractivity contribution in [2.45, 2.75) is 41.5 Å². The van der Waals surface area contributed by atoms with Crippen LogP contribution in [0, 0.1) is 27.7 Å². The van der Waals surface area contributed by atoms with Gasteiger partial charge in [-0.3, -0.25) is 0 Å². The topological polar surface area (TPSA) is 119 Å². The van der Waals surface area contributed by atoms with Crippen molar-refractivity contribution in [3.05, 3.63) is 70.3 Å². The van der Waals surface area contributed by atoms with Crippen LogP contribution < -0.4 is 0 Å². The molecule has 2 aromatic carbocycles. The first-order valence-corrected chi connectivity index (χ1v) is 19.6. The number of esters is 2. The lowest BCUT2D eigenvalue weighted by molar-refractivity contribution is 0.0506. The number of benzene rings is 2. The Labute approximate surface area is 320 Å². The van der Waals surface area contributed by atoms with Gasteiger partial charge in [-0.15, -0.1) is 0 Å². The zero-order valence-electron chi connectivity index (χ0n) is 24.5. The average molecular weight is 1150 g/mol. The zero-order valence-corrected chi connectivity index (χ0v) is 35.3. The van der Waals surface area contributed by atoms with Crippen molar-refractivity contribution >= 4 is 146 Å². The number of hydrogen-bond donors (Lipinski definition) is 2. The largest absolute Gasteiger partial charge is 0.505 e. The Balaban J connectivity index is 0.000000354. The van der Waals surface area contributed by atoms with Crippen molar-refractivity contribution < 1.29 is 29.3 Å². The predicted octanol–water partition coefficient (Wildman–Crippen LogP) is 9.86. The van der Waals surface area contributed by atoms with Crippen LogP contribution in [0.3, 0.4) is 0 Å². The van der Waals surface area contributed by atoms with Crippen molar-refractivity contribution in [2.75, 3.05) is 15.6 Å². The molecule has 4 aromatic rings. The minimum atomic E-state index is -0.597. The lowest BCUT2D eigenvalue weighted by Gasteiger charge is -2.09. The summed E-state index contributed by atoms with van der Waals surface area (Å²) in [6.45, 7) is 11.5. The third kappa shape index (κ3) is 12.6. The number of carbonyl (C=O) groups is 2. The van der Waals surface area contributed by atoms with Crippen molar-refractivity contribution in [1.82, 2.24) is 9.97 Å². The van der Waals surface area contributed by atoms with E-state index < -0.39 is 11.9 Å². The third-order valence-electron chi connectivity index (χ3n) is 5.59. The number of hydrogen-bond acceptors (Lipinski definition) is 8. The van der Waals surface area contributed by atoms with Crippen molar-refractivity contribution in [1.29, 1.82) is 0 Å². The highest BCUT2D eigenvalue weighted by Gasteiger charge is 2.19. The SMILES string of the molecule is CCOC(=O)c1nc(C)c2cc(C)ccc2c1O.CCOC(=O)c1nc(C)c2cc(C)ccc2c1O.IC(I)I.ICI. The molecule has 0 saturated heterocycles. The van der Waals surface area contributed by atoms with Crippen LogP contribution >= 0.6 is 113 Å². The van der Waals surface area contributed by atoms with E-state index in [4.69, 9.17) is 9.47 Å². The number of aryl methyl sites for hydroxylation is 4. The second-order valence-corrected chi connectivity index (χ2v) is 24.0. The van der Waals surface area contributed by atoms with Crippen molar-refractivity contribution in [3.8, 4) is 11.5 Å². The molecule has 0 amide bonds. The van der Waals surface area contributed by atoms with Gasteiger partial charge in [-0.2, -0.15) is 0 Å². The second kappa shape index (κ2) is 20.5. The van der Waals surface area contributed by atoms with Crippen LogP contribution in [0.15, 0.2) is 36.4 Å². The van der Waals surface area contributed by atoms with Gasteiger partial charge in [-0.05, 0) is 53.7 Å². The van der Waals surface area contributed by atoms with Crippen LogP contribution in [0.2, 0.25) is 0 Å². The maximum Gasteiger partial charge on any atom is 0.360 e. The Hall–Kier alpha value is -0.550. The number of ether oxygens (including phenoxy) is 2. The summed E-state index contributed by atoms with van der Waals surface area (Å²) >= 11 is 11.5. The van der Waals surface area contributed by atoms with E-state index in [2.05, 4.69) is 123 Å². The van der Waals surface area contributed by atoms with Crippen molar-refractivity contribution in [2.24, 2.45) is 0 Å². The summed E-state index contributed by atoms with van der Waals surface area (Å²) in [5.74, 6) is -1.43. The predicted molar refractivity (Wildman–Crippen MR) is 216 cm³/mol. The van der Waals surface area contributed by atoms with Gasteiger partial charge in [-0.25, -0.2) is 19.6 Å². The fourth-order valence-electron chi connectivity index (χ4n) is 3.83. The van der Waals surface area contributed by atoms with Crippen LogP contribution in [0.4, 0.5) is 0 Å². The molecular formula is C30H33I5N2O6. The molecule has 0 fully saturated rings. The normalized spacial score (nSPS) is 10.1. The van der Waals surface area contributed by atoms with Gasteiger partial charge in [0.25, 0.3) is 0 Å². The van der Waals surface area contributed by atoms with E-state index in [9.17, 15) is 19.8 Å². The summed E-state index contributed by atoms with van der Waals surface area (Å²) < 4.78 is 11.7. The average Bonchev–Trinajstić information content (AvgIpc) is 2.93. The van der Waals surface area contributed by atoms with E-state index in [1.54, 1.807) is 26.0 Å². The minimum Gasteiger partial charge on any atom is -0.505 e. The number of aromatic hydroxyl groups is 2. The lowest BCUT2D eigenvalue weighted by Crippen LogP contribution is -2.08. The molecule has 43 heavy (non-hydrogen) atoms. The molecule has 4 rings (SSSR count). The fourth-order valence-corrected chi connectivity index (χ4v) is 3.83. The van der Waals surface area contributed by atoms with E-state index in [0.717, 1.165) is 21.8 Å². The van der Waals surface area contributed by atoms with Gasteiger partial charge in [0, 0.05) is 32.9 Å². The first kappa shape index (κ1) is 40.5. The lowest BCUT2D eigenvalue weighted by atomic mass is 10.0. The fraction of sp³-hybridized carbons (Fsp3) is 0.333. The number of fused-ring (bicyclic) bond motifs is 2. The monoisotopic (exact) mass is 1150 g/mol. The van der Waals surface area contributed by atoms with Crippen LogP contribution in [-0.2, 0) is 9.47 Å². The number of alkyl halides is 5. The Bertz CT molecular complexity index is 1440. The summed E-state index contributed by atoms with van der Waals surface area (Å²) in [5, 5.41) is 23.1. The van der Waals surface area contributed by atoms with E-state index >= 15 is 0 Å². The molecule has 0 aliphatic heterocycles. The summed E-state index contributed by atoms with van der Waals surface area (Å²) in [6.07, 6.45) is 0. The maximum atomic E-state index is 11.7. The Morgan fingerprint density at radius 2 is 1.00 bits per heavy atom. The maximum absolute atomic E-state index is 11.7. The smallest absolute Gasteiger partial charge is 0.360 e. The molecule has 0 radical (unpaired) electrons. The van der Waals surface area contributed by atoms with E-state index in [0.29, 0.717) is 22.2 Å². The standard InChI is InChI=1S/2C14H15NO3.CHI3.CH2I2/c2*1-4-18-14(17)12-13(16)10-6-5-8(2)7-11(10)9(3)15-12;2-1(3)4;2-1-3/h2*5-7,16H,4H2,1-3H3;1H;1H2. The first-order chi connectivity index (χ1) is 20.2. The Morgan fingerprint density at radius 1 is 0.698 bits per heavy atom. The minimum absolute atomic E-state index is 0.0225. The molecule has 0 saturated carbocycles. The van der Waals surface area contributed by atoms with Gasteiger partial charge >= 0.3 is 11.9 Å². The quantitative estimate of drug-likeness (QED) is 0.118. The first-order valence-electron chi connectivity index (χ1n) is 12.8. The molecular weight excluding hydrogens is 1120 g/mol. The summed E-state index contributed by atoms with van der Waals surface area (Å²) in [5.41, 5.74) is 3.52. The van der Waals surface area contributed by atoms with E-state index in [1.807, 2.05) is 52.0 Å². The molecule has 0 unspecified atom stereocenters. The van der Waals surface area contributed by atoms with Crippen LogP contribution in [0.25, 0.3) is 21.5 Å². The van der Waals surface area contributed by atoms with Crippen LogP contribution in [-0.4, -0.2) is 47.7 Å². The van der Waals surface area contributed by atoms with Gasteiger partial charge in [0.15, 0.2) is 22.9 Å². The summed E-state index contributed by atoms with van der Waals surface area (Å²) in [4.78, 5) is 31.6. The molecule has 0 spiro atoms. The molecule has 13 heteroatoms. The van der Waals surface area contributed by atoms with Crippen LogP contribution in [0.5, 0.6) is 11.5 Å². The highest BCUT2D eigenvalue weighted by atomic mass is 127. The highest BCUT2D eigenvalue weighted by Crippen LogP contribution is 2.31. The molecule has 2 heterocycles. The van der Waals surface area contributed by atoms with Gasteiger partial charge in [0.2, 0.25) is 0 Å². The number of nitrogens with zero attached hydrogens (tertiary/aromatic N) is 2. The zero-order chi connectivity index (χ0) is 32.9. The van der Waals surface area contributed by atoms with Gasteiger partial charge < -0.3 is 19.7 Å². The molecule has 8 nitrogen and oxygen atoms in total. The number of rotatable bonds is 4. The molecule has 2 N–H and O–H groups in total. The molecule has 0 atom stereocenters. The molecule has 0 bridgehead atoms. The molecule has 2 aromatic heterocycles. The Kier molecular flexibility index (Phi) is 19.3. The number of pyridine rings is 2. The molecule has 0 aliphatic carbocycles. The van der Waals surface area contributed by atoms with E-state index in [-0.39, 0.29) is 36.1 Å². The third-order valence-corrected chi connectivity index (χ3v) is 5.59. The summed E-state index contributed by atoms with van der Waals surface area (Å²) in [7, 11) is 0.